The van der Waals surface area contributed by atoms with Gasteiger partial charge >= 0.3 is 5.97 Å². The first kappa shape index (κ1) is 21.4. The molecule has 2 heterocycles. The van der Waals surface area contributed by atoms with E-state index in [4.69, 9.17) is 14.2 Å². The summed E-state index contributed by atoms with van der Waals surface area (Å²) in [5, 5.41) is 16.5. The predicted octanol–water partition coefficient (Wildman–Crippen LogP) is 4.52. The first-order valence-corrected chi connectivity index (χ1v) is 10.8. The molecule has 1 aliphatic rings. The highest BCUT2D eigenvalue weighted by atomic mass is 16.5. The van der Waals surface area contributed by atoms with Crippen molar-refractivity contribution in [1.29, 1.82) is 0 Å². The van der Waals surface area contributed by atoms with Crippen LogP contribution in [0.3, 0.4) is 0 Å². The van der Waals surface area contributed by atoms with Crippen LogP contribution in [-0.4, -0.2) is 33.7 Å². The number of benzene rings is 2. The lowest BCUT2D eigenvalue weighted by Crippen LogP contribution is -2.22. The van der Waals surface area contributed by atoms with E-state index in [1.165, 1.54) is 0 Å². The Morgan fingerprint density at radius 2 is 1.94 bits per heavy atom. The number of pyridine rings is 1. The minimum atomic E-state index is -0.577. The molecule has 0 saturated heterocycles. The van der Waals surface area contributed by atoms with Crippen LogP contribution in [-0.2, 0) is 16.0 Å². The lowest BCUT2D eigenvalue weighted by Gasteiger charge is -2.12. The summed E-state index contributed by atoms with van der Waals surface area (Å²) in [5.74, 6) is -0.0669. The number of anilines is 1. The van der Waals surface area contributed by atoms with Gasteiger partial charge in [-0.25, -0.2) is 9.78 Å². The number of nitrogens with zero attached hydrogens (tertiary/aromatic N) is 2. The first-order chi connectivity index (χ1) is 16.5. The van der Waals surface area contributed by atoms with Crippen LogP contribution in [0.15, 0.2) is 59.1 Å². The number of ether oxygens (including phenoxy) is 1. The SMILES string of the molecule is Cc1cc(NC(=O)COC(=O)c2c3c(nc4ccccc24)/C(=C/c2ccc(O)cc2)CC3)no1. The molecule has 0 atom stereocenters. The van der Waals surface area contributed by atoms with Crippen LogP contribution in [0.2, 0.25) is 0 Å². The minimum Gasteiger partial charge on any atom is -0.508 e. The largest absolute Gasteiger partial charge is 0.508 e. The van der Waals surface area contributed by atoms with Crippen molar-refractivity contribution in [1.82, 2.24) is 10.1 Å². The Bertz CT molecular complexity index is 1440. The molecule has 0 fully saturated rings. The Labute approximate surface area is 194 Å². The number of aromatic hydroxyl groups is 1. The number of amides is 1. The van der Waals surface area contributed by atoms with Gasteiger partial charge in [0, 0.05) is 11.5 Å². The van der Waals surface area contributed by atoms with Crippen LogP contribution in [0.5, 0.6) is 5.75 Å². The van der Waals surface area contributed by atoms with E-state index in [9.17, 15) is 14.7 Å². The second-order valence-corrected chi connectivity index (χ2v) is 8.04. The quantitative estimate of drug-likeness (QED) is 0.425. The van der Waals surface area contributed by atoms with Crippen LogP contribution < -0.4 is 5.32 Å². The third-order valence-electron chi connectivity index (χ3n) is 5.61. The van der Waals surface area contributed by atoms with Gasteiger partial charge in [-0.15, -0.1) is 0 Å². The Morgan fingerprint density at radius 1 is 1.15 bits per heavy atom. The van der Waals surface area contributed by atoms with Crippen molar-refractivity contribution in [3.05, 3.63) is 82.7 Å². The lowest BCUT2D eigenvalue weighted by molar-refractivity contribution is -0.119. The van der Waals surface area contributed by atoms with Gasteiger partial charge in [0.1, 0.15) is 11.5 Å². The van der Waals surface area contributed by atoms with E-state index in [1.807, 2.05) is 42.5 Å². The molecule has 5 rings (SSSR count). The Kier molecular flexibility index (Phi) is 5.55. The maximum atomic E-state index is 13.2. The van der Waals surface area contributed by atoms with E-state index < -0.39 is 18.5 Å². The molecule has 2 aromatic carbocycles. The standard InChI is InChI=1S/C26H21N3O5/c1-15-12-22(29-34-15)28-23(31)14-33-26(32)24-19-4-2-3-5-21(19)27-25-17(8-11-20(24)25)13-16-6-9-18(30)10-7-16/h2-7,9-10,12-13,30H,8,11,14H2,1H3,(H,28,29,31)/b17-13+. The maximum Gasteiger partial charge on any atom is 0.339 e. The summed E-state index contributed by atoms with van der Waals surface area (Å²) < 4.78 is 10.3. The third kappa shape index (κ3) is 4.25. The summed E-state index contributed by atoms with van der Waals surface area (Å²) in [6, 6.07) is 15.9. The molecule has 8 heteroatoms. The van der Waals surface area contributed by atoms with Gasteiger partial charge in [-0.2, -0.15) is 0 Å². The van der Waals surface area contributed by atoms with Crippen molar-refractivity contribution < 1.29 is 24.0 Å². The zero-order valence-electron chi connectivity index (χ0n) is 18.4. The monoisotopic (exact) mass is 455 g/mol. The van der Waals surface area contributed by atoms with E-state index in [0.29, 0.717) is 35.1 Å². The highest BCUT2D eigenvalue weighted by molar-refractivity contribution is 6.08. The topological polar surface area (TPSA) is 115 Å². The zero-order chi connectivity index (χ0) is 23.7. The summed E-state index contributed by atoms with van der Waals surface area (Å²) >= 11 is 0. The average Bonchev–Trinajstić information content (AvgIpc) is 3.42. The van der Waals surface area contributed by atoms with Crippen molar-refractivity contribution >= 4 is 40.2 Å². The average molecular weight is 455 g/mol. The van der Waals surface area contributed by atoms with Crippen LogP contribution in [0.25, 0.3) is 22.6 Å². The number of nitrogens with one attached hydrogen (secondary N) is 1. The molecule has 2 N–H and O–H groups in total. The summed E-state index contributed by atoms with van der Waals surface area (Å²) in [6.07, 6.45) is 3.35. The van der Waals surface area contributed by atoms with Gasteiger partial charge in [0.15, 0.2) is 12.4 Å². The molecular formula is C26H21N3O5. The first-order valence-electron chi connectivity index (χ1n) is 10.8. The maximum absolute atomic E-state index is 13.2. The molecule has 0 spiro atoms. The summed E-state index contributed by atoms with van der Waals surface area (Å²) in [7, 11) is 0. The highest BCUT2D eigenvalue weighted by Gasteiger charge is 2.28. The number of carbonyl (C=O) groups excluding carboxylic acids is 2. The fourth-order valence-electron chi connectivity index (χ4n) is 4.09. The predicted molar refractivity (Wildman–Crippen MR) is 126 cm³/mol. The molecule has 4 aromatic rings. The Balaban J connectivity index is 1.44. The van der Waals surface area contributed by atoms with Crippen molar-refractivity contribution in [3.8, 4) is 5.75 Å². The second kappa shape index (κ2) is 8.82. The normalized spacial score (nSPS) is 13.7. The van der Waals surface area contributed by atoms with Crippen molar-refractivity contribution in [2.75, 3.05) is 11.9 Å². The minimum absolute atomic E-state index is 0.200. The van der Waals surface area contributed by atoms with Gasteiger partial charge in [-0.1, -0.05) is 35.5 Å². The van der Waals surface area contributed by atoms with Gasteiger partial charge in [0.05, 0.1) is 16.8 Å². The molecule has 1 amide bonds. The molecule has 0 radical (unpaired) electrons. The van der Waals surface area contributed by atoms with Crippen LogP contribution in [0.4, 0.5) is 5.82 Å². The summed E-state index contributed by atoms with van der Waals surface area (Å²) in [5.41, 5.74) is 4.59. The number of hydrogen-bond acceptors (Lipinski definition) is 7. The Morgan fingerprint density at radius 3 is 2.71 bits per heavy atom. The van der Waals surface area contributed by atoms with Crippen LogP contribution in [0, 0.1) is 6.92 Å². The summed E-state index contributed by atoms with van der Waals surface area (Å²) in [6.45, 7) is 1.26. The fourth-order valence-corrected chi connectivity index (χ4v) is 4.09. The van der Waals surface area contributed by atoms with Crippen molar-refractivity contribution in [3.63, 3.8) is 0 Å². The highest BCUT2D eigenvalue weighted by Crippen LogP contribution is 2.37. The molecule has 0 bridgehead atoms. The molecule has 0 saturated carbocycles. The summed E-state index contributed by atoms with van der Waals surface area (Å²) in [4.78, 5) is 30.2. The molecular weight excluding hydrogens is 434 g/mol. The molecule has 8 nitrogen and oxygen atoms in total. The number of phenols is 1. The van der Waals surface area contributed by atoms with Crippen molar-refractivity contribution in [2.24, 2.45) is 0 Å². The van der Waals surface area contributed by atoms with E-state index in [0.717, 1.165) is 22.4 Å². The number of hydrogen-bond donors (Lipinski definition) is 2. The number of phenolic OH excluding ortho intramolecular Hbond substituents is 1. The number of rotatable bonds is 5. The molecule has 170 valence electrons. The molecule has 34 heavy (non-hydrogen) atoms. The Hall–Kier alpha value is -4.46. The zero-order valence-corrected chi connectivity index (χ0v) is 18.4. The van der Waals surface area contributed by atoms with E-state index in [2.05, 4.69) is 10.5 Å². The van der Waals surface area contributed by atoms with Gasteiger partial charge in [0.25, 0.3) is 5.91 Å². The smallest absolute Gasteiger partial charge is 0.339 e. The van der Waals surface area contributed by atoms with E-state index in [1.54, 1.807) is 25.1 Å². The number of esters is 1. The number of allylic oxidation sites excluding steroid dienone is 1. The number of aryl methyl sites for hydroxylation is 1. The van der Waals surface area contributed by atoms with Gasteiger partial charge in [-0.3, -0.25) is 4.79 Å². The number of fused-ring (bicyclic) bond motifs is 2. The number of carbonyl (C=O) groups is 2. The van der Waals surface area contributed by atoms with E-state index >= 15 is 0 Å². The molecule has 0 aliphatic heterocycles. The number of aromatic nitrogens is 2. The van der Waals surface area contributed by atoms with Gasteiger partial charge in [-0.05, 0) is 60.7 Å². The molecule has 1 aliphatic carbocycles. The third-order valence-corrected chi connectivity index (χ3v) is 5.61. The van der Waals surface area contributed by atoms with Gasteiger partial charge in [0.2, 0.25) is 0 Å². The second-order valence-electron chi connectivity index (χ2n) is 8.04. The van der Waals surface area contributed by atoms with Crippen LogP contribution >= 0.6 is 0 Å². The fraction of sp³-hybridized carbons (Fsp3) is 0.154. The molecule has 0 unspecified atom stereocenters. The van der Waals surface area contributed by atoms with Crippen LogP contribution in [0.1, 0.15) is 39.4 Å². The number of para-hydroxylation sites is 1. The van der Waals surface area contributed by atoms with Gasteiger partial charge < -0.3 is 19.7 Å². The van der Waals surface area contributed by atoms with E-state index in [-0.39, 0.29) is 11.6 Å². The molecule has 2 aromatic heterocycles. The lowest BCUT2D eigenvalue weighted by atomic mass is 10.0. The van der Waals surface area contributed by atoms with Crippen molar-refractivity contribution in [2.45, 2.75) is 19.8 Å².